The van der Waals surface area contributed by atoms with Crippen molar-refractivity contribution in [3.05, 3.63) is 33.8 Å². The first-order valence-electron chi connectivity index (χ1n) is 5.77. The third kappa shape index (κ3) is 3.15. The highest BCUT2D eigenvalue weighted by Crippen LogP contribution is 2.30. The number of esters is 1. The SMILES string of the molecule is CCOC(=O)C(C)(Cc1c(F)ccc(Br)c1F)C(=O)O. The van der Waals surface area contributed by atoms with Gasteiger partial charge in [-0.3, -0.25) is 9.59 Å². The van der Waals surface area contributed by atoms with Gasteiger partial charge in [0, 0.05) is 12.0 Å². The molecular weight excluding hydrogens is 338 g/mol. The molecule has 7 heteroatoms. The Morgan fingerprint density at radius 1 is 1.40 bits per heavy atom. The first-order valence-corrected chi connectivity index (χ1v) is 6.56. The molecule has 0 fully saturated rings. The molecular formula is C13H13BrF2O4. The van der Waals surface area contributed by atoms with Crippen molar-refractivity contribution in [2.24, 2.45) is 5.41 Å². The number of carboxylic acids is 1. The lowest BCUT2D eigenvalue weighted by atomic mass is 9.83. The molecule has 1 atom stereocenters. The van der Waals surface area contributed by atoms with Gasteiger partial charge in [0.15, 0.2) is 5.41 Å². The van der Waals surface area contributed by atoms with Gasteiger partial charge in [-0.25, -0.2) is 8.78 Å². The fourth-order valence-corrected chi connectivity index (χ4v) is 1.98. The van der Waals surface area contributed by atoms with Crippen LogP contribution in [0.1, 0.15) is 19.4 Å². The second-order valence-corrected chi connectivity index (χ2v) is 5.21. The lowest BCUT2D eigenvalue weighted by Crippen LogP contribution is -2.40. The van der Waals surface area contributed by atoms with E-state index < -0.39 is 41.0 Å². The van der Waals surface area contributed by atoms with Gasteiger partial charge in [0.05, 0.1) is 11.1 Å². The van der Waals surface area contributed by atoms with E-state index in [9.17, 15) is 23.5 Å². The van der Waals surface area contributed by atoms with Gasteiger partial charge in [-0.2, -0.15) is 0 Å². The van der Waals surface area contributed by atoms with Crippen LogP contribution in [-0.2, 0) is 20.7 Å². The van der Waals surface area contributed by atoms with E-state index in [4.69, 9.17) is 0 Å². The predicted octanol–water partition coefficient (Wildman–Crippen LogP) is 2.92. The maximum Gasteiger partial charge on any atom is 0.323 e. The molecule has 110 valence electrons. The van der Waals surface area contributed by atoms with Crippen molar-refractivity contribution in [1.82, 2.24) is 0 Å². The van der Waals surface area contributed by atoms with Crippen LogP contribution in [0.2, 0.25) is 0 Å². The highest BCUT2D eigenvalue weighted by molar-refractivity contribution is 9.10. The predicted molar refractivity (Wildman–Crippen MR) is 70.1 cm³/mol. The third-order valence-corrected chi connectivity index (χ3v) is 3.48. The van der Waals surface area contributed by atoms with Gasteiger partial charge in [0.2, 0.25) is 0 Å². The van der Waals surface area contributed by atoms with E-state index in [-0.39, 0.29) is 11.1 Å². The second-order valence-electron chi connectivity index (χ2n) is 4.36. The van der Waals surface area contributed by atoms with Crippen LogP contribution in [0.25, 0.3) is 0 Å². The van der Waals surface area contributed by atoms with Crippen LogP contribution in [-0.4, -0.2) is 23.7 Å². The molecule has 0 aliphatic carbocycles. The lowest BCUT2D eigenvalue weighted by Gasteiger charge is -2.23. The monoisotopic (exact) mass is 350 g/mol. The Hall–Kier alpha value is -1.50. The van der Waals surface area contributed by atoms with Crippen molar-refractivity contribution in [2.45, 2.75) is 20.3 Å². The summed E-state index contributed by atoms with van der Waals surface area (Å²) in [5.41, 5.74) is -2.53. The molecule has 1 aromatic carbocycles. The normalized spacial score (nSPS) is 13.7. The summed E-state index contributed by atoms with van der Waals surface area (Å²) >= 11 is 2.89. The smallest absolute Gasteiger partial charge is 0.323 e. The van der Waals surface area contributed by atoms with Gasteiger partial charge in [0.1, 0.15) is 11.6 Å². The Balaban J connectivity index is 3.25. The van der Waals surface area contributed by atoms with Gasteiger partial charge < -0.3 is 9.84 Å². The summed E-state index contributed by atoms with van der Waals surface area (Å²) in [6, 6.07) is 2.16. The number of rotatable bonds is 5. The number of ether oxygens (including phenoxy) is 1. The molecule has 1 rings (SSSR count). The maximum absolute atomic E-state index is 13.9. The zero-order valence-electron chi connectivity index (χ0n) is 10.9. The maximum atomic E-state index is 13.9. The molecule has 4 nitrogen and oxygen atoms in total. The largest absolute Gasteiger partial charge is 0.480 e. The molecule has 1 unspecified atom stereocenters. The van der Waals surface area contributed by atoms with Gasteiger partial charge in [-0.1, -0.05) is 0 Å². The number of benzene rings is 1. The van der Waals surface area contributed by atoms with Crippen LogP contribution in [0.3, 0.4) is 0 Å². The summed E-state index contributed by atoms with van der Waals surface area (Å²) in [7, 11) is 0. The van der Waals surface area contributed by atoms with Gasteiger partial charge in [0.25, 0.3) is 0 Å². The van der Waals surface area contributed by atoms with E-state index in [1.165, 1.54) is 6.92 Å². The van der Waals surface area contributed by atoms with E-state index in [1.807, 2.05) is 0 Å². The van der Waals surface area contributed by atoms with Gasteiger partial charge >= 0.3 is 11.9 Å². The van der Waals surface area contributed by atoms with Gasteiger partial charge in [-0.05, 0) is 41.9 Å². The van der Waals surface area contributed by atoms with Crippen LogP contribution >= 0.6 is 15.9 Å². The van der Waals surface area contributed by atoms with Crippen molar-refractivity contribution >= 4 is 27.9 Å². The number of aliphatic carboxylic acids is 1. The minimum absolute atomic E-state index is 0.00880. The number of carboxylic acid groups (broad SMARTS) is 1. The molecule has 0 heterocycles. The molecule has 1 N–H and O–H groups in total. The van der Waals surface area contributed by atoms with Crippen LogP contribution < -0.4 is 0 Å². The van der Waals surface area contributed by atoms with Crippen molar-refractivity contribution in [2.75, 3.05) is 6.61 Å². The van der Waals surface area contributed by atoms with Crippen molar-refractivity contribution < 1.29 is 28.2 Å². The summed E-state index contributed by atoms with van der Waals surface area (Å²) in [6.45, 7) is 2.57. The van der Waals surface area contributed by atoms with Crippen LogP contribution in [0, 0.1) is 17.0 Å². The van der Waals surface area contributed by atoms with E-state index in [2.05, 4.69) is 20.7 Å². The number of halogens is 3. The minimum atomic E-state index is -2.06. The fraction of sp³-hybridized carbons (Fsp3) is 0.385. The zero-order chi connectivity index (χ0) is 15.5. The molecule has 0 bridgehead atoms. The van der Waals surface area contributed by atoms with E-state index >= 15 is 0 Å². The minimum Gasteiger partial charge on any atom is -0.480 e. The molecule has 20 heavy (non-hydrogen) atoms. The highest BCUT2D eigenvalue weighted by Gasteiger charge is 2.44. The standard InChI is InChI=1S/C13H13BrF2O4/c1-3-20-12(19)13(2,11(17)18)6-7-9(15)5-4-8(14)10(7)16/h4-5H,3,6H2,1-2H3,(H,17,18). The molecule has 0 saturated carbocycles. The number of hydrogen-bond donors (Lipinski definition) is 1. The molecule has 1 aromatic rings. The number of hydrogen-bond acceptors (Lipinski definition) is 3. The quantitative estimate of drug-likeness (QED) is 0.503. The summed E-state index contributed by atoms with van der Waals surface area (Å²) in [4.78, 5) is 23.1. The van der Waals surface area contributed by atoms with Crippen LogP contribution in [0.5, 0.6) is 0 Å². The second kappa shape index (κ2) is 6.30. The Bertz CT molecular complexity index is 547. The van der Waals surface area contributed by atoms with E-state index in [0.29, 0.717) is 0 Å². The zero-order valence-corrected chi connectivity index (χ0v) is 12.5. The van der Waals surface area contributed by atoms with Crippen molar-refractivity contribution in [1.29, 1.82) is 0 Å². The molecule has 0 radical (unpaired) electrons. The summed E-state index contributed by atoms with van der Waals surface area (Å²) < 4.78 is 32.2. The average molecular weight is 351 g/mol. The summed E-state index contributed by atoms with van der Waals surface area (Å²) in [5, 5.41) is 9.18. The highest BCUT2D eigenvalue weighted by atomic mass is 79.9. The molecule has 0 aliphatic heterocycles. The lowest BCUT2D eigenvalue weighted by molar-refractivity contribution is -0.167. The van der Waals surface area contributed by atoms with E-state index in [1.54, 1.807) is 0 Å². The first-order chi connectivity index (χ1) is 9.24. The molecule has 0 saturated heterocycles. The molecule has 0 amide bonds. The average Bonchev–Trinajstić information content (AvgIpc) is 2.39. The van der Waals surface area contributed by atoms with E-state index in [0.717, 1.165) is 19.1 Å². The summed E-state index contributed by atoms with van der Waals surface area (Å²) in [6.07, 6.45) is -0.641. The molecule has 0 aliphatic rings. The Morgan fingerprint density at radius 2 is 2.00 bits per heavy atom. The first kappa shape index (κ1) is 16.6. The Labute approximate surface area is 122 Å². The van der Waals surface area contributed by atoms with Crippen molar-refractivity contribution in [3.63, 3.8) is 0 Å². The summed E-state index contributed by atoms with van der Waals surface area (Å²) in [5.74, 6) is -4.38. The number of carbonyl (C=O) groups is 2. The Kier molecular flexibility index (Phi) is 5.21. The molecule has 0 spiro atoms. The number of carbonyl (C=O) groups excluding carboxylic acids is 1. The van der Waals surface area contributed by atoms with Crippen LogP contribution in [0.15, 0.2) is 16.6 Å². The van der Waals surface area contributed by atoms with Gasteiger partial charge in [-0.15, -0.1) is 0 Å². The topological polar surface area (TPSA) is 63.6 Å². The fourth-order valence-electron chi connectivity index (χ4n) is 1.61. The van der Waals surface area contributed by atoms with Crippen LogP contribution in [0.4, 0.5) is 8.78 Å². The van der Waals surface area contributed by atoms with Crippen molar-refractivity contribution in [3.8, 4) is 0 Å². The third-order valence-electron chi connectivity index (χ3n) is 2.87. The Morgan fingerprint density at radius 3 is 2.50 bits per heavy atom. The molecule has 0 aromatic heterocycles.